The molecule has 16 heavy (non-hydrogen) atoms. The molecule has 0 aliphatic heterocycles. The molecular formula is C13H14O3. The number of carboxylic acid groups (broad SMARTS) is 1. The van der Waals surface area contributed by atoms with Crippen LogP contribution in [-0.2, 0) is 0 Å². The first kappa shape index (κ1) is 12.3. The molecule has 0 spiro atoms. The number of aliphatic hydroxyl groups excluding tert-OH is 1. The second-order valence-corrected chi connectivity index (χ2v) is 3.36. The largest absolute Gasteiger partial charge is 0.478 e. The number of carbonyl (C=O) groups is 1. The van der Waals surface area contributed by atoms with E-state index in [1.165, 1.54) is 0 Å². The maximum atomic E-state index is 10.6. The van der Waals surface area contributed by atoms with Crippen molar-refractivity contribution in [1.82, 2.24) is 0 Å². The van der Waals surface area contributed by atoms with Crippen molar-refractivity contribution in [3.05, 3.63) is 35.4 Å². The average molecular weight is 218 g/mol. The van der Waals surface area contributed by atoms with Crippen LogP contribution in [-0.4, -0.2) is 22.8 Å². The van der Waals surface area contributed by atoms with Crippen molar-refractivity contribution < 1.29 is 15.0 Å². The summed E-state index contributed by atoms with van der Waals surface area (Å²) in [4.78, 5) is 10.6. The molecule has 0 aliphatic rings. The molecule has 1 aromatic rings. The van der Waals surface area contributed by atoms with Crippen LogP contribution in [0.25, 0.3) is 0 Å². The van der Waals surface area contributed by atoms with Gasteiger partial charge in [-0.3, -0.25) is 0 Å². The summed E-state index contributed by atoms with van der Waals surface area (Å²) < 4.78 is 0. The number of carboxylic acids is 1. The Morgan fingerprint density at radius 1 is 1.19 bits per heavy atom. The highest BCUT2D eigenvalue weighted by atomic mass is 16.4. The van der Waals surface area contributed by atoms with E-state index in [1.54, 1.807) is 24.3 Å². The molecule has 3 nitrogen and oxygen atoms in total. The summed E-state index contributed by atoms with van der Waals surface area (Å²) in [5, 5.41) is 17.3. The van der Waals surface area contributed by atoms with Crippen molar-refractivity contribution in [1.29, 1.82) is 0 Å². The quantitative estimate of drug-likeness (QED) is 0.599. The zero-order valence-electron chi connectivity index (χ0n) is 8.94. The summed E-state index contributed by atoms with van der Waals surface area (Å²) >= 11 is 0. The van der Waals surface area contributed by atoms with Gasteiger partial charge in [0.2, 0.25) is 0 Å². The van der Waals surface area contributed by atoms with Crippen LogP contribution in [0.4, 0.5) is 0 Å². The highest BCUT2D eigenvalue weighted by Crippen LogP contribution is 2.03. The molecule has 1 rings (SSSR count). The number of benzene rings is 1. The maximum absolute atomic E-state index is 10.6. The van der Waals surface area contributed by atoms with Crippen LogP contribution in [0.1, 0.15) is 35.2 Å². The van der Waals surface area contributed by atoms with Gasteiger partial charge in [-0.25, -0.2) is 4.79 Å². The molecule has 2 N–H and O–H groups in total. The molecule has 0 fully saturated rings. The summed E-state index contributed by atoms with van der Waals surface area (Å²) in [7, 11) is 0. The number of hydrogen-bond acceptors (Lipinski definition) is 2. The lowest BCUT2D eigenvalue weighted by Crippen LogP contribution is -1.94. The van der Waals surface area contributed by atoms with E-state index in [2.05, 4.69) is 11.8 Å². The molecule has 0 aromatic heterocycles. The Balaban J connectivity index is 2.51. The smallest absolute Gasteiger partial charge is 0.335 e. The molecule has 0 radical (unpaired) electrons. The Bertz CT molecular complexity index is 395. The highest BCUT2D eigenvalue weighted by Gasteiger charge is 1.99. The first-order valence-corrected chi connectivity index (χ1v) is 5.17. The summed E-state index contributed by atoms with van der Waals surface area (Å²) in [6, 6.07) is 6.48. The van der Waals surface area contributed by atoms with Crippen LogP contribution in [0.15, 0.2) is 24.3 Å². The highest BCUT2D eigenvalue weighted by molar-refractivity contribution is 5.87. The molecule has 1 aromatic carbocycles. The van der Waals surface area contributed by atoms with E-state index in [9.17, 15) is 4.79 Å². The lowest BCUT2D eigenvalue weighted by molar-refractivity contribution is 0.0697. The second kappa shape index (κ2) is 6.65. The molecule has 0 saturated carbocycles. The van der Waals surface area contributed by atoms with Gasteiger partial charge in [0.15, 0.2) is 0 Å². The van der Waals surface area contributed by atoms with E-state index in [4.69, 9.17) is 10.2 Å². The van der Waals surface area contributed by atoms with Crippen molar-refractivity contribution >= 4 is 5.97 Å². The standard InChI is InChI=1S/C13H14O3/c14-10-4-2-1-3-5-11-6-8-12(9-7-11)13(15)16/h6-9,14H,1-2,4,10H2,(H,15,16). The molecule has 0 atom stereocenters. The normalized spacial score (nSPS) is 9.31. The maximum Gasteiger partial charge on any atom is 0.335 e. The minimum atomic E-state index is -0.928. The fourth-order valence-electron chi connectivity index (χ4n) is 1.19. The minimum absolute atomic E-state index is 0.203. The Kier molecular flexibility index (Phi) is 5.10. The van der Waals surface area contributed by atoms with E-state index >= 15 is 0 Å². The Morgan fingerprint density at radius 3 is 2.44 bits per heavy atom. The lowest BCUT2D eigenvalue weighted by atomic mass is 10.1. The number of aromatic carboxylic acids is 1. The van der Waals surface area contributed by atoms with Crippen molar-refractivity contribution in [2.75, 3.05) is 6.61 Å². The van der Waals surface area contributed by atoms with E-state index in [0.717, 1.165) is 24.8 Å². The van der Waals surface area contributed by atoms with Crippen LogP contribution in [0, 0.1) is 11.8 Å². The van der Waals surface area contributed by atoms with E-state index < -0.39 is 5.97 Å². The van der Waals surface area contributed by atoms with Crippen LogP contribution in [0.3, 0.4) is 0 Å². The van der Waals surface area contributed by atoms with Crippen LogP contribution >= 0.6 is 0 Å². The molecule has 0 bridgehead atoms. The minimum Gasteiger partial charge on any atom is -0.478 e. The Labute approximate surface area is 94.7 Å². The van der Waals surface area contributed by atoms with Crippen molar-refractivity contribution in [2.24, 2.45) is 0 Å². The summed E-state index contributed by atoms with van der Waals surface area (Å²) in [6.07, 6.45) is 2.41. The van der Waals surface area contributed by atoms with E-state index in [1.807, 2.05) is 0 Å². The lowest BCUT2D eigenvalue weighted by Gasteiger charge is -1.93. The summed E-state index contributed by atoms with van der Waals surface area (Å²) in [6.45, 7) is 0.203. The third-order valence-electron chi connectivity index (χ3n) is 2.07. The number of hydrogen-bond donors (Lipinski definition) is 2. The summed E-state index contributed by atoms with van der Waals surface area (Å²) in [5.74, 6) is 4.99. The predicted octanol–water partition coefficient (Wildman–Crippen LogP) is 1.90. The van der Waals surface area contributed by atoms with Gasteiger partial charge in [0.05, 0.1) is 5.56 Å². The molecule has 0 amide bonds. The van der Waals surface area contributed by atoms with Gasteiger partial charge in [-0.1, -0.05) is 11.8 Å². The second-order valence-electron chi connectivity index (χ2n) is 3.36. The zero-order valence-corrected chi connectivity index (χ0v) is 8.94. The van der Waals surface area contributed by atoms with Gasteiger partial charge in [0, 0.05) is 18.6 Å². The molecule has 0 heterocycles. The van der Waals surface area contributed by atoms with Gasteiger partial charge in [-0.15, -0.1) is 0 Å². The fraction of sp³-hybridized carbons (Fsp3) is 0.308. The molecule has 0 aliphatic carbocycles. The van der Waals surface area contributed by atoms with Crippen LogP contribution in [0.5, 0.6) is 0 Å². The summed E-state index contributed by atoms with van der Waals surface area (Å²) in [5.41, 5.74) is 1.08. The van der Waals surface area contributed by atoms with Crippen LogP contribution < -0.4 is 0 Å². The topological polar surface area (TPSA) is 57.5 Å². The van der Waals surface area contributed by atoms with Crippen LogP contribution in [0.2, 0.25) is 0 Å². The molecular weight excluding hydrogens is 204 g/mol. The Morgan fingerprint density at radius 2 is 1.88 bits per heavy atom. The van der Waals surface area contributed by atoms with Crippen molar-refractivity contribution in [3.63, 3.8) is 0 Å². The van der Waals surface area contributed by atoms with Gasteiger partial charge >= 0.3 is 5.97 Å². The molecule has 0 unspecified atom stereocenters. The monoisotopic (exact) mass is 218 g/mol. The predicted molar refractivity (Wildman–Crippen MR) is 61.2 cm³/mol. The van der Waals surface area contributed by atoms with Gasteiger partial charge in [-0.2, -0.15) is 0 Å². The van der Waals surface area contributed by atoms with E-state index in [-0.39, 0.29) is 12.2 Å². The first-order valence-electron chi connectivity index (χ1n) is 5.17. The Hall–Kier alpha value is -1.79. The molecule has 84 valence electrons. The van der Waals surface area contributed by atoms with Gasteiger partial charge in [-0.05, 0) is 37.1 Å². The van der Waals surface area contributed by atoms with E-state index in [0.29, 0.717) is 0 Å². The van der Waals surface area contributed by atoms with Crippen molar-refractivity contribution in [3.8, 4) is 11.8 Å². The number of unbranched alkanes of at least 4 members (excludes halogenated alkanes) is 2. The molecule has 0 saturated heterocycles. The third kappa shape index (κ3) is 4.16. The van der Waals surface area contributed by atoms with Gasteiger partial charge in [0.25, 0.3) is 0 Å². The third-order valence-corrected chi connectivity index (χ3v) is 2.07. The average Bonchev–Trinajstić information content (AvgIpc) is 2.29. The SMILES string of the molecule is O=C(O)c1ccc(C#CCCCCO)cc1. The molecule has 3 heteroatoms. The number of rotatable bonds is 4. The number of aliphatic hydroxyl groups is 1. The zero-order chi connectivity index (χ0) is 11.8. The van der Waals surface area contributed by atoms with Crippen molar-refractivity contribution in [2.45, 2.75) is 19.3 Å². The van der Waals surface area contributed by atoms with Gasteiger partial charge < -0.3 is 10.2 Å². The fourth-order valence-corrected chi connectivity index (χ4v) is 1.19. The first-order chi connectivity index (χ1) is 7.74. The van der Waals surface area contributed by atoms with Gasteiger partial charge in [0.1, 0.15) is 0 Å².